The highest BCUT2D eigenvalue weighted by Crippen LogP contribution is 2.33. The lowest BCUT2D eigenvalue weighted by atomic mass is 10.0. The molecule has 0 fully saturated rings. The first-order valence-corrected chi connectivity index (χ1v) is 11.4. The predicted molar refractivity (Wildman–Crippen MR) is 134 cm³/mol. The summed E-state index contributed by atoms with van der Waals surface area (Å²) >= 11 is 0. The van der Waals surface area contributed by atoms with Crippen LogP contribution in [0.1, 0.15) is 52.5 Å². The van der Waals surface area contributed by atoms with Gasteiger partial charge in [-0.25, -0.2) is 8.78 Å². The molecule has 0 aliphatic rings. The van der Waals surface area contributed by atoms with E-state index >= 15 is 0 Å². The van der Waals surface area contributed by atoms with Gasteiger partial charge in [0.1, 0.15) is 7.11 Å². The molecule has 0 saturated heterocycles. The van der Waals surface area contributed by atoms with Crippen LogP contribution in [0.5, 0.6) is 0 Å². The number of fused-ring (bicyclic) bond motifs is 1. The maximum Gasteiger partial charge on any atom is 0.254 e. The number of amides is 1. The predicted octanol–water partition coefficient (Wildman–Crippen LogP) is 6.00. The van der Waals surface area contributed by atoms with Crippen LogP contribution in [0.25, 0.3) is 10.9 Å². The molecule has 7 heteroatoms. The number of hydrogen-bond donors (Lipinski definition) is 1. The molecule has 1 aromatic heterocycles. The minimum absolute atomic E-state index is 0.0474. The van der Waals surface area contributed by atoms with Crippen molar-refractivity contribution in [1.29, 1.82) is 0 Å². The molecule has 0 aliphatic carbocycles. The summed E-state index contributed by atoms with van der Waals surface area (Å²) < 4.78 is 29.1. The Balaban J connectivity index is 1.79. The normalized spacial score (nSPS) is 11.5. The number of nitrogens with zero attached hydrogens (tertiary/aromatic N) is 2. The third kappa shape index (κ3) is 5.24. The van der Waals surface area contributed by atoms with Crippen molar-refractivity contribution in [1.82, 2.24) is 9.88 Å². The van der Waals surface area contributed by atoms with Gasteiger partial charge in [-0.3, -0.25) is 4.79 Å². The smallest absolute Gasteiger partial charge is 0.254 e. The van der Waals surface area contributed by atoms with Crippen molar-refractivity contribution in [3.63, 3.8) is 0 Å². The summed E-state index contributed by atoms with van der Waals surface area (Å²) in [7, 11) is 1.49. The maximum atomic E-state index is 13.6. The van der Waals surface area contributed by atoms with E-state index in [1.807, 2.05) is 36.4 Å². The zero-order valence-corrected chi connectivity index (χ0v) is 19.9. The lowest BCUT2D eigenvalue weighted by Crippen LogP contribution is -2.24. The molecule has 0 spiro atoms. The lowest BCUT2D eigenvalue weighted by molar-refractivity contribution is 0.0951. The fourth-order valence-electron chi connectivity index (χ4n) is 4.28. The number of carbonyl (C=O) groups is 1. The summed E-state index contributed by atoms with van der Waals surface area (Å²) in [5, 5.41) is 7.56. The monoisotopic (exact) mass is 475 g/mol. The van der Waals surface area contributed by atoms with Crippen LogP contribution >= 0.6 is 0 Å². The Labute approximate surface area is 203 Å². The van der Waals surface area contributed by atoms with Crippen LogP contribution in [0.15, 0.2) is 71.9 Å². The van der Waals surface area contributed by atoms with Gasteiger partial charge in [-0.1, -0.05) is 67.5 Å². The van der Waals surface area contributed by atoms with Crippen molar-refractivity contribution >= 4 is 23.0 Å². The fraction of sp³-hybridized carbons (Fsp3) is 0.214. The molecule has 0 aliphatic heterocycles. The summed E-state index contributed by atoms with van der Waals surface area (Å²) in [6.45, 7) is 4.77. The Morgan fingerprint density at radius 1 is 1.03 bits per heavy atom. The third-order valence-corrected chi connectivity index (χ3v) is 5.83. The molecule has 3 aromatic carbocycles. The quantitative estimate of drug-likeness (QED) is 0.251. The summed E-state index contributed by atoms with van der Waals surface area (Å²) in [5.41, 5.74) is 4.80. The van der Waals surface area contributed by atoms with E-state index in [9.17, 15) is 13.6 Å². The standard InChI is InChI=1S/C28H27F2N3O2/c1-18(2)27-26(28(34)31-15-20-10-12-23(29)24(30)13-20)22-11-9-21(16-32-35-3)14-25(22)33(27)17-19-7-5-4-6-8-19/h4-14,16,18H,15,17H2,1-3H3,(H,31,34). The molecule has 0 saturated carbocycles. The second-order valence-electron chi connectivity index (χ2n) is 8.61. The second kappa shape index (κ2) is 10.5. The van der Waals surface area contributed by atoms with E-state index in [2.05, 4.69) is 41.0 Å². The largest absolute Gasteiger partial charge is 0.399 e. The Morgan fingerprint density at radius 3 is 2.49 bits per heavy atom. The van der Waals surface area contributed by atoms with E-state index in [0.29, 0.717) is 17.7 Å². The van der Waals surface area contributed by atoms with Crippen LogP contribution in [-0.2, 0) is 17.9 Å². The molecule has 1 heterocycles. The van der Waals surface area contributed by atoms with E-state index in [4.69, 9.17) is 4.84 Å². The number of hydrogen-bond acceptors (Lipinski definition) is 3. The van der Waals surface area contributed by atoms with E-state index in [1.165, 1.54) is 13.2 Å². The van der Waals surface area contributed by atoms with E-state index in [-0.39, 0.29) is 18.4 Å². The molecular weight excluding hydrogens is 448 g/mol. The maximum absolute atomic E-state index is 13.6. The number of nitrogens with one attached hydrogen (secondary N) is 1. The van der Waals surface area contributed by atoms with Crippen molar-refractivity contribution in [2.45, 2.75) is 32.9 Å². The Bertz CT molecular complexity index is 1380. The number of aromatic nitrogens is 1. The van der Waals surface area contributed by atoms with Crippen LogP contribution in [-0.4, -0.2) is 23.8 Å². The van der Waals surface area contributed by atoms with Crippen LogP contribution in [0.3, 0.4) is 0 Å². The topological polar surface area (TPSA) is 55.6 Å². The van der Waals surface area contributed by atoms with Crippen LogP contribution in [0.4, 0.5) is 8.78 Å². The van der Waals surface area contributed by atoms with Crippen LogP contribution in [0, 0.1) is 11.6 Å². The third-order valence-electron chi connectivity index (χ3n) is 5.83. The molecule has 180 valence electrons. The molecule has 4 aromatic rings. The number of halogens is 2. The van der Waals surface area contributed by atoms with Crippen LogP contribution in [0.2, 0.25) is 0 Å². The van der Waals surface area contributed by atoms with Gasteiger partial charge in [-0.15, -0.1) is 0 Å². The molecule has 1 N–H and O–H groups in total. The summed E-state index contributed by atoms with van der Waals surface area (Å²) in [6.07, 6.45) is 1.62. The van der Waals surface area contributed by atoms with Crippen LogP contribution < -0.4 is 5.32 Å². The van der Waals surface area contributed by atoms with Gasteiger partial charge in [0, 0.05) is 24.2 Å². The van der Waals surface area contributed by atoms with Gasteiger partial charge in [-0.05, 0) is 40.8 Å². The highest BCUT2D eigenvalue weighted by Gasteiger charge is 2.25. The average molecular weight is 476 g/mol. The first kappa shape index (κ1) is 24.1. The molecule has 0 atom stereocenters. The fourth-order valence-corrected chi connectivity index (χ4v) is 4.28. The molecular formula is C28H27F2N3O2. The number of carbonyl (C=O) groups excluding carboxylic acids is 1. The highest BCUT2D eigenvalue weighted by atomic mass is 19.2. The molecule has 1 amide bonds. The van der Waals surface area contributed by atoms with Gasteiger partial charge in [0.15, 0.2) is 11.6 Å². The molecule has 35 heavy (non-hydrogen) atoms. The van der Waals surface area contributed by atoms with E-state index in [1.54, 1.807) is 6.21 Å². The highest BCUT2D eigenvalue weighted by molar-refractivity contribution is 6.09. The Hall–Kier alpha value is -4.00. The lowest BCUT2D eigenvalue weighted by Gasteiger charge is -2.16. The SMILES string of the molecule is CON=Cc1ccc2c(C(=O)NCc3ccc(F)c(F)c3)c(C(C)C)n(Cc3ccccc3)c2c1. The van der Waals surface area contributed by atoms with Crippen molar-refractivity contribution in [3.05, 3.63) is 106 Å². The summed E-state index contributed by atoms with van der Waals surface area (Å²) in [6, 6.07) is 19.4. The molecule has 0 unspecified atom stereocenters. The van der Waals surface area contributed by atoms with Gasteiger partial charge < -0.3 is 14.7 Å². The number of oxime groups is 1. The van der Waals surface area contributed by atoms with Gasteiger partial charge in [0.05, 0.1) is 17.3 Å². The van der Waals surface area contributed by atoms with Gasteiger partial charge in [0.2, 0.25) is 0 Å². The molecule has 0 radical (unpaired) electrons. The molecule has 0 bridgehead atoms. The van der Waals surface area contributed by atoms with Gasteiger partial charge in [0.25, 0.3) is 5.91 Å². The number of benzene rings is 3. The minimum atomic E-state index is -0.940. The first-order chi connectivity index (χ1) is 16.9. The van der Waals surface area contributed by atoms with Crippen molar-refractivity contribution in [3.8, 4) is 0 Å². The Kier molecular flexibility index (Phi) is 7.25. The summed E-state index contributed by atoms with van der Waals surface area (Å²) in [5.74, 6) is -2.08. The Morgan fingerprint density at radius 2 is 1.80 bits per heavy atom. The average Bonchev–Trinajstić information content (AvgIpc) is 3.17. The van der Waals surface area contributed by atoms with E-state index in [0.717, 1.165) is 39.9 Å². The van der Waals surface area contributed by atoms with E-state index < -0.39 is 11.6 Å². The minimum Gasteiger partial charge on any atom is -0.399 e. The zero-order chi connectivity index (χ0) is 24.9. The van der Waals surface area contributed by atoms with Crippen molar-refractivity contribution in [2.24, 2.45) is 5.16 Å². The van der Waals surface area contributed by atoms with Gasteiger partial charge in [-0.2, -0.15) is 0 Å². The zero-order valence-electron chi connectivity index (χ0n) is 19.9. The number of rotatable bonds is 8. The molecule has 5 nitrogen and oxygen atoms in total. The van der Waals surface area contributed by atoms with Gasteiger partial charge >= 0.3 is 0 Å². The molecule has 4 rings (SSSR count). The van der Waals surface area contributed by atoms with Crippen molar-refractivity contribution < 1.29 is 18.4 Å². The summed E-state index contributed by atoms with van der Waals surface area (Å²) in [4.78, 5) is 18.3. The second-order valence-corrected chi connectivity index (χ2v) is 8.61. The first-order valence-electron chi connectivity index (χ1n) is 11.4. The van der Waals surface area contributed by atoms with Crippen molar-refractivity contribution in [2.75, 3.05) is 7.11 Å².